The molecule has 0 radical (unpaired) electrons. The van der Waals surface area contributed by atoms with Gasteiger partial charge in [0.25, 0.3) is 5.91 Å². The first-order valence-electron chi connectivity index (χ1n) is 8.27. The number of anilines is 1. The molecule has 0 fully saturated rings. The van der Waals surface area contributed by atoms with Gasteiger partial charge in [0, 0.05) is 11.1 Å². The Morgan fingerprint density at radius 2 is 2.04 bits per heavy atom. The van der Waals surface area contributed by atoms with Crippen molar-refractivity contribution in [2.45, 2.75) is 32.2 Å². The Morgan fingerprint density at radius 1 is 1.21 bits per heavy atom. The zero-order valence-corrected chi connectivity index (χ0v) is 14.2. The predicted octanol–water partition coefficient (Wildman–Crippen LogP) is 4.12. The number of thiophene rings is 1. The van der Waals surface area contributed by atoms with Crippen molar-refractivity contribution in [1.29, 1.82) is 0 Å². The number of nitrogens with one attached hydrogen (secondary N) is 1. The van der Waals surface area contributed by atoms with Crippen LogP contribution in [0, 0.1) is 0 Å². The first-order valence-corrected chi connectivity index (χ1v) is 9.09. The molecule has 0 saturated carbocycles. The Bertz CT molecular complexity index is 827. The summed E-state index contributed by atoms with van der Waals surface area (Å²) in [6, 6.07) is 12.2. The normalized spacial score (nSPS) is 13.5. The Balaban J connectivity index is 1.43. The third-order valence-corrected chi connectivity index (χ3v) is 5.53. The molecule has 122 valence electrons. The minimum Gasteiger partial charge on any atom is -0.319 e. The molecule has 24 heavy (non-hydrogen) atoms. The Kier molecular flexibility index (Phi) is 4.17. The second kappa shape index (κ2) is 6.61. The predicted molar refractivity (Wildman–Crippen MR) is 96.7 cm³/mol. The molecule has 1 aliphatic rings. The van der Waals surface area contributed by atoms with Crippen molar-refractivity contribution in [3.05, 3.63) is 69.7 Å². The van der Waals surface area contributed by atoms with Gasteiger partial charge >= 0.3 is 0 Å². The maximum Gasteiger partial charge on any atom is 0.265 e. The van der Waals surface area contributed by atoms with E-state index in [0.29, 0.717) is 6.54 Å². The van der Waals surface area contributed by atoms with E-state index in [1.54, 1.807) is 17.5 Å². The van der Waals surface area contributed by atoms with Crippen LogP contribution in [0.3, 0.4) is 0 Å². The number of nitrogens with zero attached hydrogens (tertiary/aromatic N) is 2. The number of carbonyl (C=O) groups is 1. The molecule has 4 rings (SSSR count). The van der Waals surface area contributed by atoms with E-state index in [2.05, 4.69) is 28.6 Å². The van der Waals surface area contributed by atoms with E-state index < -0.39 is 0 Å². The zero-order valence-electron chi connectivity index (χ0n) is 13.4. The lowest BCUT2D eigenvalue weighted by Gasteiger charge is -2.08. The molecule has 0 aliphatic heterocycles. The largest absolute Gasteiger partial charge is 0.319 e. The standard InChI is InChI=1S/C19H19N3OS/c23-19(18-10-15-8-4-5-9-17(15)24-18)21-16-11-20-22(13-16)12-14-6-2-1-3-7-14/h1-3,6-7,10-11,13H,4-5,8-9,12H2,(H,21,23). The molecule has 0 unspecified atom stereocenters. The number of rotatable bonds is 4. The second-order valence-electron chi connectivity index (χ2n) is 6.13. The van der Waals surface area contributed by atoms with Crippen LogP contribution in [0.15, 0.2) is 48.8 Å². The number of hydrogen-bond donors (Lipinski definition) is 1. The molecule has 1 aliphatic carbocycles. The molecule has 3 aromatic rings. The molecule has 5 heteroatoms. The third-order valence-electron chi connectivity index (χ3n) is 4.30. The molecule has 1 amide bonds. The van der Waals surface area contributed by atoms with E-state index in [9.17, 15) is 4.79 Å². The van der Waals surface area contributed by atoms with Gasteiger partial charge in [-0.2, -0.15) is 5.10 Å². The van der Waals surface area contributed by atoms with Crippen LogP contribution in [-0.4, -0.2) is 15.7 Å². The van der Waals surface area contributed by atoms with Crippen LogP contribution in [-0.2, 0) is 19.4 Å². The topological polar surface area (TPSA) is 46.9 Å². The van der Waals surface area contributed by atoms with Crippen molar-refractivity contribution >= 4 is 22.9 Å². The van der Waals surface area contributed by atoms with Crippen LogP contribution in [0.2, 0.25) is 0 Å². The molecule has 4 nitrogen and oxygen atoms in total. The van der Waals surface area contributed by atoms with Crippen LogP contribution < -0.4 is 5.32 Å². The molecule has 1 aromatic carbocycles. The highest BCUT2D eigenvalue weighted by molar-refractivity contribution is 7.14. The lowest BCUT2D eigenvalue weighted by Crippen LogP contribution is -2.09. The molecular formula is C19H19N3OS. The van der Waals surface area contributed by atoms with Crippen molar-refractivity contribution < 1.29 is 4.79 Å². The Labute approximate surface area is 145 Å². The monoisotopic (exact) mass is 337 g/mol. The number of amides is 1. The number of aryl methyl sites for hydroxylation is 2. The van der Waals surface area contributed by atoms with E-state index in [1.807, 2.05) is 29.1 Å². The SMILES string of the molecule is O=C(Nc1cnn(Cc2ccccc2)c1)c1cc2c(s1)CCCC2. The van der Waals surface area contributed by atoms with Crippen molar-refractivity contribution in [2.24, 2.45) is 0 Å². The van der Waals surface area contributed by atoms with Crippen molar-refractivity contribution in [1.82, 2.24) is 9.78 Å². The van der Waals surface area contributed by atoms with Crippen LogP contribution in [0.25, 0.3) is 0 Å². The van der Waals surface area contributed by atoms with Crippen LogP contribution in [0.1, 0.15) is 38.5 Å². The highest BCUT2D eigenvalue weighted by Gasteiger charge is 2.17. The fourth-order valence-electron chi connectivity index (χ4n) is 3.08. The third kappa shape index (κ3) is 3.26. The second-order valence-corrected chi connectivity index (χ2v) is 7.27. The number of carbonyl (C=O) groups excluding carboxylic acids is 1. The van der Waals surface area contributed by atoms with Gasteiger partial charge in [0.05, 0.1) is 23.3 Å². The molecule has 0 saturated heterocycles. The van der Waals surface area contributed by atoms with Gasteiger partial charge in [0.2, 0.25) is 0 Å². The summed E-state index contributed by atoms with van der Waals surface area (Å²) in [6.45, 7) is 0.698. The fourth-order valence-corrected chi connectivity index (χ4v) is 4.23. The number of aromatic nitrogens is 2. The van der Waals surface area contributed by atoms with E-state index in [0.717, 1.165) is 23.4 Å². The smallest absolute Gasteiger partial charge is 0.265 e. The van der Waals surface area contributed by atoms with Gasteiger partial charge in [-0.15, -0.1) is 11.3 Å². The van der Waals surface area contributed by atoms with Crippen molar-refractivity contribution in [2.75, 3.05) is 5.32 Å². The number of benzene rings is 1. The average Bonchev–Trinajstić information content (AvgIpc) is 3.22. The lowest BCUT2D eigenvalue weighted by molar-refractivity contribution is 0.103. The Hall–Kier alpha value is -2.40. The fraction of sp³-hybridized carbons (Fsp3) is 0.263. The summed E-state index contributed by atoms with van der Waals surface area (Å²) in [6.07, 6.45) is 8.26. The lowest BCUT2D eigenvalue weighted by atomic mass is 9.99. The van der Waals surface area contributed by atoms with Gasteiger partial charge in [-0.05, 0) is 42.9 Å². The van der Waals surface area contributed by atoms with Gasteiger partial charge in [0.1, 0.15) is 0 Å². The van der Waals surface area contributed by atoms with Crippen LogP contribution in [0.5, 0.6) is 0 Å². The maximum absolute atomic E-state index is 12.5. The summed E-state index contributed by atoms with van der Waals surface area (Å²) in [7, 11) is 0. The van der Waals surface area contributed by atoms with Gasteiger partial charge in [-0.25, -0.2) is 0 Å². The molecule has 0 spiro atoms. The summed E-state index contributed by atoms with van der Waals surface area (Å²) in [4.78, 5) is 14.6. The highest BCUT2D eigenvalue weighted by Crippen LogP contribution is 2.30. The van der Waals surface area contributed by atoms with Crippen LogP contribution in [0.4, 0.5) is 5.69 Å². The molecule has 0 bridgehead atoms. The summed E-state index contributed by atoms with van der Waals surface area (Å²) in [5.41, 5.74) is 3.28. The van der Waals surface area contributed by atoms with E-state index in [1.165, 1.54) is 28.8 Å². The van der Waals surface area contributed by atoms with Gasteiger partial charge < -0.3 is 5.32 Å². The summed E-state index contributed by atoms with van der Waals surface area (Å²) < 4.78 is 1.84. The summed E-state index contributed by atoms with van der Waals surface area (Å²) in [5.74, 6) is -0.0336. The Morgan fingerprint density at radius 3 is 2.88 bits per heavy atom. The number of fused-ring (bicyclic) bond motifs is 1. The molecule has 2 heterocycles. The van der Waals surface area contributed by atoms with E-state index in [-0.39, 0.29) is 5.91 Å². The van der Waals surface area contributed by atoms with Gasteiger partial charge in [-0.1, -0.05) is 30.3 Å². The highest BCUT2D eigenvalue weighted by atomic mass is 32.1. The van der Waals surface area contributed by atoms with Crippen molar-refractivity contribution in [3.8, 4) is 0 Å². The van der Waals surface area contributed by atoms with Crippen molar-refractivity contribution in [3.63, 3.8) is 0 Å². The molecule has 2 aromatic heterocycles. The summed E-state index contributed by atoms with van der Waals surface area (Å²) in [5, 5.41) is 7.29. The zero-order chi connectivity index (χ0) is 16.4. The first kappa shape index (κ1) is 15.1. The van der Waals surface area contributed by atoms with Crippen LogP contribution >= 0.6 is 11.3 Å². The summed E-state index contributed by atoms with van der Waals surface area (Å²) >= 11 is 1.63. The van der Waals surface area contributed by atoms with E-state index >= 15 is 0 Å². The number of hydrogen-bond acceptors (Lipinski definition) is 3. The quantitative estimate of drug-likeness (QED) is 0.778. The van der Waals surface area contributed by atoms with E-state index in [4.69, 9.17) is 0 Å². The van der Waals surface area contributed by atoms with Gasteiger partial charge in [-0.3, -0.25) is 9.48 Å². The first-order chi connectivity index (χ1) is 11.8. The molecule has 1 N–H and O–H groups in total. The minimum absolute atomic E-state index is 0.0336. The molecule has 0 atom stereocenters. The maximum atomic E-state index is 12.5. The average molecular weight is 337 g/mol. The van der Waals surface area contributed by atoms with Gasteiger partial charge in [0.15, 0.2) is 0 Å². The minimum atomic E-state index is -0.0336. The molecular weight excluding hydrogens is 318 g/mol.